The fourth-order valence-corrected chi connectivity index (χ4v) is 3.71. The number of likely N-dealkylation sites (N-methyl/N-ethyl adjacent to an activating group) is 1. The fourth-order valence-electron chi connectivity index (χ4n) is 3.71. The second-order valence-corrected chi connectivity index (χ2v) is 7.23. The molecule has 1 heterocycles. The van der Waals surface area contributed by atoms with Gasteiger partial charge in [0.2, 0.25) is 0 Å². The second kappa shape index (κ2) is 8.12. The zero-order valence-corrected chi connectivity index (χ0v) is 15.5. The van der Waals surface area contributed by atoms with E-state index in [1.807, 2.05) is 50.5 Å². The van der Waals surface area contributed by atoms with E-state index in [0.717, 1.165) is 30.8 Å². The van der Waals surface area contributed by atoms with Crippen LogP contribution in [0.15, 0.2) is 60.7 Å². The summed E-state index contributed by atoms with van der Waals surface area (Å²) in [6.07, 6.45) is 4.82. The monoisotopic (exact) mass is 354 g/mol. The van der Waals surface area contributed by atoms with Crippen molar-refractivity contribution in [2.75, 3.05) is 33.7 Å². The third-order valence-corrected chi connectivity index (χ3v) is 5.23. The highest BCUT2D eigenvalue weighted by molar-refractivity contribution is 5.49. The molecule has 0 radical (unpaired) electrons. The van der Waals surface area contributed by atoms with Crippen molar-refractivity contribution < 1.29 is 9.50 Å². The van der Waals surface area contributed by atoms with Gasteiger partial charge >= 0.3 is 0 Å². The van der Waals surface area contributed by atoms with Gasteiger partial charge < -0.3 is 10.0 Å². The van der Waals surface area contributed by atoms with Crippen LogP contribution in [0.5, 0.6) is 0 Å². The molecule has 1 fully saturated rings. The largest absolute Gasteiger partial charge is 0.383 e. The van der Waals surface area contributed by atoms with Crippen LogP contribution in [0.1, 0.15) is 17.5 Å². The third-order valence-electron chi connectivity index (χ3n) is 5.23. The smallest absolute Gasteiger partial charge is 0.123 e. The maximum atomic E-state index is 13.0. The molecule has 2 aromatic rings. The Bertz CT molecular complexity index is 730. The summed E-state index contributed by atoms with van der Waals surface area (Å²) in [6, 6.07) is 16.5. The third kappa shape index (κ3) is 4.21. The normalized spacial score (nSPS) is 24.4. The molecule has 2 atom stereocenters. The van der Waals surface area contributed by atoms with Crippen LogP contribution in [-0.2, 0) is 5.60 Å². The van der Waals surface area contributed by atoms with E-state index < -0.39 is 5.60 Å². The highest BCUT2D eigenvalue weighted by Gasteiger charge is 2.43. The maximum absolute atomic E-state index is 13.0. The van der Waals surface area contributed by atoms with E-state index >= 15 is 0 Å². The Morgan fingerprint density at radius 1 is 1.15 bits per heavy atom. The molecule has 0 spiro atoms. The van der Waals surface area contributed by atoms with Crippen LogP contribution < -0.4 is 0 Å². The van der Waals surface area contributed by atoms with Gasteiger partial charge in [-0.2, -0.15) is 0 Å². The van der Waals surface area contributed by atoms with Gasteiger partial charge in [-0.05, 0) is 43.8 Å². The Balaban J connectivity index is 1.67. The zero-order chi connectivity index (χ0) is 18.6. The molecule has 0 saturated carbocycles. The van der Waals surface area contributed by atoms with Gasteiger partial charge in [0.25, 0.3) is 0 Å². The minimum atomic E-state index is -0.831. The van der Waals surface area contributed by atoms with Gasteiger partial charge in [-0.3, -0.25) is 4.90 Å². The number of rotatable bonds is 5. The molecule has 26 heavy (non-hydrogen) atoms. The van der Waals surface area contributed by atoms with Crippen molar-refractivity contribution in [1.82, 2.24) is 9.80 Å². The van der Waals surface area contributed by atoms with Crippen molar-refractivity contribution in [3.05, 3.63) is 77.6 Å². The molecule has 0 unspecified atom stereocenters. The first-order chi connectivity index (χ1) is 12.5. The number of nitrogens with zero attached hydrogens (tertiary/aromatic N) is 2. The first-order valence-electron chi connectivity index (χ1n) is 9.08. The molecular weight excluding hydrogens is 327 g/mol. The Morgan fingerprint density at radius 3 is 2.50 bits per heavy atom. The van der Waals surface area contributed by atoms with Crippen LogP contribution >= 0.6 is 0 Å². The summed E-state index contributed by atoms with van der Waals surface area (Å²) in [4.78, 5) is 4.46. The molecule has 1 aliphatic rings. The lowest BCUT2D eigenvalue weighted by Gasteiger charge is -2.47. The predicted octanol–water partition coefficient (Wildman–Crippen LogP) is 3.36. The minimum absolute atomic E-state index is 0.0258. The molecule has 1 aliphatic heterocycles. The van der Waals surface area contributed by atoms with Crippen molar-refractivity contribution in [3.8, 4) is 0 Å². The molecule has 0 bridgehead atoms. The van der Waals surface area contributed by atoms with Gasteiger partial charge in [0.05, 0.1) is 6.04 Å². The van der Waals surface area contributed by atoms with Crippen molar-refractivity contribution in [1.29, 1.82) is 0 Å². The van der Waals surface area contributed by atoms with E-state index in [1.165, 1.54) is 12.1 Å². The predicted molar refractivity (Wildman–Crippen MR) is 104 cm³/mol. The highest BCUT2D eigenvalue weighted by atomic mass is 19.1. The van der Waals surface area contributed by atoms with Gasteiger partial charge in [-0.1, -0.05) is 54.6 Å². The Morgan fingerprint density at radius 2 is 1.85 bits per heavy atom. The molecule has 0 aliphatic carbocycles. The molecule has 3 rings (SSSR count). The standard InChI is InChI=1S/C22H27FN2O/c1-24(2)21-17-25(15-6-7-18-10-12-20(23)13-11-18)16-14-22(21,26)19-8-4-3-5-9-19/h3-13,21,26H,14-17H2,1-2H3/t21-,22+/m1/s1. The Labute approximate surface area is 155 Å². The number of halogens is 1. The summed E-state index contributed by atoms with van der Waals surface area (Å²) in [6.45, 7) is 2.45. The van der Waals surface area contributed by atoms with Gasteiger partial charge in [-0.15, -0.1) is 0 Å². The number of likely N-dealkylation sites (tertiary alicyclic amines) is 1. The Hall–Kier alpha value is -2.01. The Kier molecular flexibility index (Phi) is 5.87. The van der Waals surface area contributed by atoms with E-state index in [9.17, 15) is 9.50 Å². The van der Waals surface area contributed by atoms with Gasteiger partial charge in [0, 0.05) is 19.6 Å². The second-order valence-electron chi connectivity index (χ2n) is 7.23. The number of hydrogen-bond donors (Lipinski definition) is 1. The molecule has 1 saturated heterocycles. The average molecular weight is 354 g/mol. The van der Waals surface area contributed by atoms with E-state index in [2.05, 4.69) is 15.9 Å². The summed E-state index contributed by atoms with van der Waals surface area (Å²) in [5.74, 6) is -0.216. The number of hydrogen-bond acceptors (Lipinski definition) is 3. The SMILES string of the molecule is CN(C)[C@@H]1CN(CC=Cc2ccc(F)cc2)CC[C@]1(O)c1ccccc1. The summed E-state index contributed by atoms with van der Waals surface area (Å²) in [5, 5.41) is 11.4. The van der Waals surface area contributed by atoms with Crippen molar-refractivity contribution in [3.63, 3.8) is 0 Å². The minimum Gasteiger partial charge on any atom is -0.383 e. The zero-order valence-electron chi connectivity index (χ0n) is 15.5. The topological polar surface area (TPSA) is 26.7 Å². The summed E-state index contributed by atoms with van der Waals surface area (Å²) in [5.41, 5.74) is 1.15. The molecule has 4 heteroatoms. The van der Waals surface area contributed by atoms with Crippen LogP contribution in [0.3, 0.4) is 0 Å². The molecule has 0 amide bonds. The first kappa shape index (κ1) is 18.8. The molecule has 0 aromatic heterocycles. The average Bonchev–Trinajstić information content (AvgIpc) is 2.65. The van der Waals surface area contributed by atoms with Gasteiger partial charge in [-0.25, -0.2) is 4.39 Å². The van der Waals surface area contributed by atoms with Crippen LogP contribution in [0.4, 0.5) is 4.39 Å². The van der Waals surface area contributed by atoms with Gasteiger partial charge in [0.15, 0.2) is 0 Å². The lowest BCUT2D eigenvalue weighted by atomic mass is 9.80. The lowest BCUT2D eigenvalue weighted by Crippen LogP contribution is -2.59. The highest BCUT2D eigenvalue weighted by Crippen LogP contribution is 2.35. The van der Waals surface area contributed by atoms with Crippen molar-refractivity contribution in [2.45, 2.75) is 18.1 Å². The van der Waals surface area contributed by atoms with Crippen LogP contribution in [0.25, 0.3) is 6.08 Å². The van der Waals surface area contributed by atoms with Crippen LogP contribution in [0.2, 0.25) is 0 Å². The van der Waals surface area contributed by atoms with E-state index in [0.29, 0.717) is 6.42 Å². The summed E-state index contributed by atoms with van der Waals surface area (Å²) in [7, 11) is 4.05. The summed E-state index contributed by atoms with van der Waals surface area (Å²) >= 11 is 0. The first-order valence-corrected chi connectivity index (χ1v) is 9.08. The molecule has 2 aromatic carbocycles. The fraction of sp³-hybridized carbons (Fsp3) is 0.364. The van der Waals surface area contributed by atoms with Crippen LogP contribution in [-0.4, -0.2) is 54.7 Å². The molecule has 3 nitrogen and oxygen atoms in total. The lowest BCUT2D eigenvalue weighted by molar-refractivity contribution is -0.0857. The van der Waals surface area contributed by atoms with Crippen LogP contribution in [0, 0.1) is 5.82 Å². The van der Waals surface area contributed by atoms with Crippen molar-refractivity contribution >= 4 is 6.08 Å². The van der Waals surface area contributed by atoms with E-state index in [4.69, 9.17) is 0 Å². The van der Waals surface area contributed by atoms with Crippen molar-refractivity contribution in [2.24, 2.45) is 0 Å². The summed E-state index contributed by atoms with van der Waals surface area (Å²) < 4.78 is 13.0. The number of benzene rings is 2. The maximum Gasteiger partial charge on any atom is 0.123 e. The van der Waals surface area contributed by atoms with Gasteiger partial charge in [0.1, 0.15) is 11.4 Å². The molecule has 138 valence electrons. The quantitative estimate of drug-likeness (QED) is 0.892. The van der Waals surface area contributed by atoms with E-state index in [-0.39, 0.29) is 11.9 Å². The van der Waals surface area contributed by atoms with E-state index in [1.54, 1.807) is 12.1 Å². The molecular formula is C22H27FN2O. The number of aliphatic hydroxyl groups is 1. The number of piperidine rings is 1. The molecule has 1 N–H and O–H groups in total.